The van der Waals surface area contributed by atoms with Crippen LogP contribution in [0.5, 0.6) is 0 Å². The van der Waals surface area contributed by atoms with Gasteiger partial charge in [0.25, 0.3) is 0 Å². The van der Waals surface area contributed by atoms with Crippen molar-refractivity contribution in [3.05, 3.63) is 11.7 Å². The lowest BCUT2D eigenvalue weighted by Gasteiger charge is -2.21. The van der Waals surface area contributed by atoms with Crippen molar-refractivity contribution in [3.8, 4) is 0 Å². The van der Waals surface area contributed by atoms with E-state index in [0.29, 0.717) is 29.8 Å². The predicted octanol–water partition coefficient (Wildman–Crippen LogP) is 2.02. The number of aryl methyl sites for hydroxylation is 1. The fourth-order valence-corrected chi connectivity index (χ4v) is 3.03. The molecule has 1 aliphatic rings. The Morgan fingerprint density at radius 1 is 1.32 bits per heavy atom. The van der Waals surface area contributed by atoms with E-state index in [1.54, 1.807) is 0 Å². The van der Waals surface area contributed by atoms with Gasteiger partial charge in [0.2, 0.25) is 5.89 Å². The Kier molecular flexibility index (Phi) is 7.23. The molecular weight excluding hydrogens is 316 g/mol. The summed E-state index contributed by atoms with van der Waals surface area (Å²) in [5.41, 5.74) is 0. The Morgan fingerprint density at radius 3 is 2.64 bits per heavy atom. The monoisotopic (exact) mass is 350 g/mol. The zero-order chi connectivity index (χ0) is 18.4. The topological polar surface area (TPSA) is 78.6 Å². The van der Waals surface area contributed by atoms with Crippen molar-refractivity contribution in [3.63, 3.8) is 0 Å². The number of hydrogen-bond donors (Lipinski definition) is 2. The van der Waals surface area contributed by atoms with Crippen molar-refractivity contribution in [1.82, 2.24) is 25.7 Å². The minimum absolute atomic E-state index is 0.303. The number of aromatic nitrogens is 2. The second kappa shape index (κ2) is 9.17. The van der Waals surface area contributed by atoms with Gasteiger partial charge in [0.05, 0.1) is 0 Å². The molecule has 1 fully saturated rings. The lowest BCUT2D eigenvalue weighted by Crippen LogP contribution is -2.47. The molecule has 25 heavy (non-hydrogen) atoms. The molecule has 2 rings (SSSR count). The van der Waals surface area contributed by atoms with E-state index in [4.69, 9.17) is 4.52 Å². The summed E-state index contributed by atoms with van der Waals surface area (Å²) in [7, 11) is 1.82. The third-order valence-electron chi connectivity index (χ3n) is 4.78. The van der Waals surface area contributed by atoms with Crippen LogP contribution in [-0.2, 0) is 6.42 Å². The van der Waals surface area contributed by atoms with E-state index in [2.05, 4.69) is 65.3 Å². The summed E-state index contributed by atoms with van der Waals surface area (Å²) in [4.78, 5) is 11.3. The average Bonchev–Trinajstić information content (AvgIpc) is 3.17. The summed E-state index contributed by atoms with van der Waals surface area (Å²) in [5.74, 6) is 3.29. The van der Waals surface area contributed by atoms with Gasteiger partial charge in [-0.05, 0) is 26.2 Å². The molecule has 2 heterocycles. The summed E-state index contributed by atoms with van der Waals surface area (Å²) in [6.45, 7) is 14.0. The number of likely N-dealkylation sites (tertiary alicyclic amines) is 1. The maximum Gasteiger partial charge on any atom is 0.226 e. The number of nitrogens with zero attached hydrogens (tertiary/aromatic N) is 4. The van der Waals surface area contributed by atoms with E-state index in [1.807, 2.05) is 7.05 Å². The Bertz CT molecular complexity index is 554. The number of rotatable bonds is 7. The van der Waals surface area contributed by atoms with Crippen LogP contribution in [0.2, 0.25) is 0 Å². The molecule has 0 saturated carbocycles. The molecule has 7 heteroatoms. The first-order valence-corrected chi connectivity index (χ1v) is 9.44. The van der Waals surface area contributed by atoms with Gasteiger partial charge in [0.15, 0.2) is 11.8 Å². The largest absolute Gasteiger partial charge is 0.356 e. The van der Waals surface area contributed by atoms with Crippen LogP contribution in [0.4, 0.5) is 0 Å². The Labute approximate surface area is 151 Å². The molecule has 142 valence electrons. The number of hydrogen-bond acceptors (Lipinski definition) is 5. The SMILES string of the molecule is CN=C(NCCCc1nc(C(C)C)no1)NC1CN(C(C)C)CC1C. The number of nitrogens with one attached hydrogen (secondary N) is 2. The quantitative estimate of drug-likeness (QED) is 0.445. The number of guanidine groups is 1. The Hall–Kier alpha value is -1.63. The molecule has 2 unspecified atom stereocenters. The van der Waals surface area contributed by atoms with E-state index in [-0.39, 0.29) is 0 Å². The highest BCUT2D eigenvalue weighted by Crippen LogP contribution is 2.18. The van der Waals surface area contributed by atoms with E-state index in [9.17, 15) is 0 Å². The molecule has 0 amide bonds. The molecule has 1 aliphatic heterocycles. The van der Waals surface area contributed by atoms with Crippen molar-refractivity contribution in [2.24, 2.45) is 10.9 Å². The van der Waals surface area contributed by atoms with Crippen LogP contribution in [0.3, 0.4) is 0 Å². The molecule has 2 N–H and O–H groups in total. The van der Waals surface area contributed by atoms with Crippen LogP contribution < -0.4 is 10.6 Å². The van der Waals surface area contributed by atoms with Crippen molar-refractivity contribution in [2.45, 2.75) is 65.5 Å². The summed E-state index contributed by atoms with van der Waals surface area (Å²) in [6.07, 6.45) is 1.71. The van der Waals surface area contributed by atoms with Crippen molar-refractivity contribution < 1.29 is 4.52 Å². The Balaban J connectivity index is 1.71. The van der Waals surface area contributed by atoms with E-state index < -0.39 is 0 Å². The molecule has 0 bridgehead atoms. The van der Waals surface area contributed by atoms with Gasteiger partial charge in [-0.25, -0.2) is 0 Å². The third-order valence-corrected chi connectivity index (χ3v) is 4.78. The van der Waals surface area contributed by atoms with Gasteiger partial charge >= 0.3 is 0 Å². The van der Waals surface area contributed by atoms with Gasteiger partial charge in [-0.1, -0.05) is 25.9 Å². The zero-order valence-corrected chi connectivity index (χ0v) is 16.5. The summed E-state index contributed by atoms with van der Waals surface area (Å²) >= 11 is 0. The Morgan fingerprint density at radius 2 is 2.08 bits per heavy atom. The molecule has 0 aromatic carbocycles. The highest BCUT2D eigenvalue weighted by Gasteiger charge is 2.31. The number of aliphatic imine (C=N–C) groups is 1. The van der Waals surface area contributed by atoms with Crippen molar-refractivity contribution in [2.75, 3.05) is 26.7 Å². The van der Waals surface area contributed by atoms with Gasteiger partial charge in [0.1, 0.15) is 0 Å². The van der Waals surface area contributed by atoms with Gasteiger partial charge in [-0.3, -0.25) is 9.89 Å². The van der Waals surface area contributed by atoms with Crippen molar-refractivity contribution in [1.29, 1.82) is 0 Å². The molecule has 2 atom stereocenters. The van der Waals surface area contributed by atoms with Crippen LogP contribution in [0, 0.1) is 5.92 Å². The lowest BCUT2D eigenvalue weighted by molar-refractivity contribution is 0.265. The van der Waals surface area contributed by atoms with Gasteiger partial charge in [0, 0.05) is 51.1 Å². The van der Waals surface area contributed by atoms with Crippen LogP contribution in [-0.4, -0.2) is 59.8 Å². The molecule has 1 saturated heterocycles. The predicted molar refractivity (Wildman–Crippen MR) is 101 cm³/mol. The van der Waals surface area contributed by atoms with Gasteiger partial charge in [-0.2, -0.15) is 4.98 Å². The first-order chi connectivity index (χ1) is 11.9. The second-order valence-electron chi connectivity index (χ2n) is 7.58. The zero-order valence-electron chi connectivity index (χ0n) is 16.5. The first-order valence-electron chi connectivity index (χ1n) is 9.44. The van der Waals surface area contributed by atoms with Crippen LogP contribution in [0.25, 0.3) is 0 Å². The molecule has 1 aromatic rings. The third kappa shape index (κ3) is 5.70. The first kappa shape index (κ1) is 19.7. The summed E-state index contributed by atoms with van der Waals surface area (Å²) < 4.78 is 5.27. The maximum atomic E-state index is 5.27. The second-order valence-corrected chi connectivity index (χ2v) is 7.58. The standard InChI is InChI=1S/C18H34N6O/c1-12(2)17-22-16(25-23-17)8-7-9-20-18(19-6)21-15-11-24(13(3)4)10-14(15)5/h12-15H,7-11H2,1-6H3,(H2,19,20,21). The lowest BCUT2D eigenvalue weighted by atomic mass is 10.1. The minimum atomic E-state index is 0.303. The fourth-order valence-electron chi connectivity index (χ4n) is 3.03. The minimum Gasteiger partial charge on any atom is -0.356 e. The average molecular weight is 351 g/mol. The smallest absolute Gasteiger partial charge is 0.226 e. The van der Waals surface area contributed by atoms with E-state index in [0.717, 1.165) is 44.3 Å². The normalized spacial score (nSPS) is 22.2. The molecule has 0 spiro atoms. The van der Waals surface area contributed by atoms with Crippen molar-refractivity contribution >= 4 is 5.96 Å². The maximum absolute atomic E-state index is 5.27. The van der Waals surface area contributed by atoms with Gasteiger partial charge in [-0.15, -0.1) is 0 Å². The van der Waals surface area contributed by atoms with Crippen LogP contribution in [0.15, 0.2) is 9.52 Å². The molecule has 1 aromatic heterocycles. The highest BCUT2D eigenvalue weighted by atomic mass is 16.5. The van der Waals surface area contributed by atoms with E-state index in [1.165, 1.54) is 0 Å². The van der Waals surface area contributed by atoms with Crippen LogP contribution >= 0.6 is 0 Å². The molecule has 7 nitrogen and oxygen atoms in total. The van der Waals surface area contributed by atoms with Gasteiger partial charge < -0.3 is 15.2 Å². The summed E-state index contributed by atoms with van der Waals surface area (Å²) in [6, 6.07) is 1.03. The molecule has 0 radical (unpaired) electrons. The molecular formula is C18H34N6O. The highest BCUT2D eigenvalue weighted by molar-refractivity contribution is 5.80. The fraction of sp³-hybridized carbons (Fsp3) is 0.833. The molecule has 0 aliphatic carbocycles. The van der Waals surface area contributed by atoms with E-state index >= 15 is 0 Å². The van der Waals surface area contributed by atoms with Crippen LogP contribution in [0.1, 0.15) is 58.7 Å². The summed E-state index contributed by atoms with van der Waals surface area (Å²) in [5, 5.41) is 11.0.